The Bertz CT molecular complexity index is 1000. The quantitative estimate of drug-likeness (QED) is 0.382. The highest BCUT2D eigenvalue weighted by molar-refractivity contribution is 6.15. The molecule has 0 unspecified atom stereocenters. The van der Waals surface area contributed by atoms with Gasteiger partial charge in [-0.2, -0.15) is 0 Å². The SMILES string of the molecule is CCOC(=O)c1cc2cnccc2n(CC(=O)c2ccccc2)c1=O.CCl. The Labute approximate surface area is 161 Å². The molecule has 0 N–H and O–H groups in total. The van der Waals surface area contributed by atoms with Gasteiger partial charge in [0.15, 0.2) is 5.78 Å². The third-order valence-electron chi connectivity index (χ3n) is 3.79. The molecule has 0 amide bonds. The number of carbonyl (C=O) groups excluding carboxylic acids is 2. The average molecular weight is 387 g/mol. The van der Waals surface area contributed by atoms with Gasteiger partial charge in [0.05, 0.1) is 18.7 Å². The van der Waals surface area contributed by atoms with Gasteiger partial charge in [0.25, 0.3) is 5.56 Å². The van der Waals surface area contributed by atoms with Crippen molar-refractivity contribution in [3.63, 3.8) is 0 Å². The van der Waals surface area contributed by atoms with Crippen molar-refractivity contribution in [1.29, 1.82) is 0 Å². The van der Waals surface area contributed by atoms with Gasteiger partial charge in [0.1, 0.15) is 5.56 Å². The van der Waals surface area contributed by atoms with Crippen LogP contribution in [0.5, 0.6) is 0 Å². The fraction of sp³-hybridized carbons (Fsp3) is 0.200. The molecule has 0 bridgehead atoms. The van der Waals surface area contributed by atoms with Crippen LogP contribution in [0.4, 0.5) is 0 Å². The van der Waals surface area contributed by atoms with Gasteiger partial charge in [0.2, 0.25) is 0 Å². The summed E-state index contributed by atoms with van der Waals surface area (Å²) in [4.78, 5) is 41.4. The van der Waals surface area contributed by atoms with Crippen LogP contribution in [0.25, 0.3) is 10.9 Å². The first-order valence-electron chi connectivity index (χ1n) is 8.22. The van der Waals surface area contributed by atoms with Crippen molar-refractivity contribution in [3.8, 4) is 0 Å². The third kappa shape index (κ3) is 4.60. The van der Waals surface area contributed by atoms with Crippen LogP contribution in [0.1, 0.15) is 27.6 Å². The van der Waals surface area contributed by atoms with Gasteiger partial charge in [0, 0.05) is 29.7 Å². The second-order valence-electron chi connectivity index (χ2n) is 5.39. The van der Waals surface area contributed by atoms with Gasteiger partial charge in [-0.25, -0.2) is 4.79 Å². The zero-order valence-corrected chi connectivity index (χ0v) is 15.8. The number of Topliss-reactive ketones (excluding diaryl/α,β-unsaturated/α-hetero) is 1. The number of hydrogen-bond acceptors (Lipinski definition) is 5. The molecule has 6 nitrogen and oxygen atoms in total. The molecule has 2 heterocycles. The van der Waals surface area contributed by atoms with Gasteiger partial charge in [-0.1, -0.05) is 30.3 Å². The van der Waals surface area contributed by atoms with E-state index >= 15 is 0 Å². The summed E-state index contributed by atoms with van der Waals surface area (Å²) in [6, 6.07) is 11.8. The molecule has 0 aliphatic heterocycles. The molecule has 0 spiro atoms. The molecule has 0 saturated heterocycles. The van der Waals surface area contributed by atoms with E-state index in [1.807, 2.05) is 6.07 Å². The monoisotopic (exact) mass is 386 g/mol. The smallest absolute Gasteiger partial charge is 0.343 e. The Morgan fingerprint density at radius 3 is 2.52 bits per heavy atom. The van der Waals surface area contributed by atoms with E-state index in [1.54, 1.807) is 43.5 Å². The lowest BCUT2D eigenvalue weighted by Gasteiger charge is -2.12. The van der Waals surface area contributed by atoms with E-state index in [9.17, 15) is 14.4 Å². The number of pyridine rings is 2. The van der Waals surface area contributed by atoms with Gasteiger partial charge >= 0.3 is 5.97 Å². The fourth-order valence-corrected chi connectivity index (χ4v) is 2.60. The summed E-state index contributed by atoms with van der Waals surface area (Å²) >= 11 is 4.64. The molecular formula is C20H19ClN2O4. The number of carbonyl (C=O) groups is 2. The van der Waals surface area contributed by atoms with Crippen LogP contribution in [0.15, 0.2) is 59.7 Å². The molecular weight excluding hydrogens is 368 g/mol. The predicted octanol–water partition coefficient (Wildman–Crippen LogP) is 3.31. The van der Waals surface area contributed by atoms with Gasteiger partial charge in [-0.15, -0.1) is 11.6 Å². The normalized spacial score (nSPS) is 10.0. The number of ether oxygens (including phenoxy) is 1. The Balaban J connectivity index is 0.00000126. The molecule has 140 valence electrons. The highest BCUT2D eigenvalue weighted by Crippen LogP contribution is 2.14. The van der Waals surface area contributed by atoms with Crippen molar-refractivity contribution < 1.29 is 14.3 Å². The van der Waals surface area contributed by atoms with Crippen LogP contribution in [0.3, 0.4) is 0 Å². The van der Waals surface area contributed by atoms with E-state index in [1.165, 1.54) is 23.2 Å². The second-order valence-corrected chi connectivity index (χ2v) is 5.39. The van der Waals surface area contributed by atoms with Crippen LogP contribution in [0, 0.1) is 0 Å². The summed E-state index contributed by atoms with van der Waals surface area (Å²) in [7, 11) is 0. The van der Waals surface area contributed by atoms with Gasteiger partial charge < -0.3 is 4.74 Å². The van der Waals surface area contributed by atoms with Crippen molar-refractivity contribution in [3.05, 3.63) is 76.3 Å². The molecule has 0 atom stereocenters. The summed E-state index contributed by atoms with van der Waals surface area (Å²) in [5, 5.41) is 0.589. The minimum atomic E-state index is -0.709. The molecule has 0 fully saturated rings. The highest BCUT2D eigenvalue weighted by Gasteiger charge is 2.18. The van der Waals surface area contributed by atoms with Crippen molar-refractivity contribution >= 4 is 34.3 Å². The first-order valence-corrected chi connectivity index (χ1v) is 8.98. The molecule has 0 aliphatic rings. The molecule has 2 aromatic heterocycles. The number of rotatable bonds is 5. The van der Waals surface area contributed by atoms with Crippen LogP contribution in [-0.4, -0.2) is 34.3 Å². The number of ketones is 1. The van der Waals surface area contributed by atoms with Gasteiger partial charge in [-0.05, 0) is 19.1 Å². The second kappa shape index (κ2) is 9.64. The number of hydrogen-bond donors (Lipinski definition) is 0. The molecule has 3 rings (SSSR count). The maximum atomic E-state index is 12.8. The van der Waals surface area contributed by atoms with E-state index in [2.05, 4.69) is 16.6 Å². The number of benzene rings is 1. The Morgan fingerprint density at radius 2 is 1.85 bits per heavy atom. The topological polar surface area (TPSA) is 78.3 Å². The lowest BCUT2D eigenvalue weighted by atomic mass is 10.1. The number of fused-ring (bicyclic) bond motifs is 1. The Kier molecular flexibility index (Phi) is 7.25. The van der Waals surface area contributed by atoms with E-state index < -0.39 is 11.5 Å². The summed E-state index contributed by atoms with van der Waals surface area (Å²) in [6.07, 6.45) is 4.55. The lowest BCUT2D eigenvalue weighted by Crippen LogP contribution is -2.30. The molecule has 0 radical (unpaired) electrons. The summed E-state index contributed by atoms with van der Waals surface area (Å²) in [5.74, 6) is -0.930. The lowest BCUT2D eigenvalue weighted by molar-refractivity contribution is 0.0523. The molecule has 3 aromatic rings. The predicted molar refractivity (Wildman–Crippen MR) is 105 cm³/mol. The number of halogens is 1. The minimum Gasteiger partial charge on any atom is -0.462 e. The number of nitrogens with zero attached hydrogens (tertiary/aromatic N) is 2. The Hall–Kier alpha value is -2.99. The van der Waals surface area contributed by atoms with Crippen LogP contribution in [-0.2, 0) is 11.3 Å². The molecule has 7 heteroatoms. The zero-order valence-electron chi connectivity index (χ0n) is 15.0. The molecule has 27 heavy (non-hydrogen) atoms. The van der Waals surface area contributed by atoms with Crippen LogP contribution in [0.2, 0.25) is 0 Å². The van der Waals surface area contributed by atoms with Crippen molar-refractivity contribution in [2.45, 2.75) is 13.5 Å². The average Bonchev–Trinajstić information content (AvgIpc) is 2.72. The van der Waals surface area contributed by atoms with Crippen molar-refractivity contribution in [2.75, 3.05) is 13.0 Å². The summed E-state index contributed by atoms with van der Waals surface area (Å²) < 4.78 is 6.23. The largest absolute Gasteiger partial charge is 0.462 e. The van der Waals surface area contributed by atoms with Gasteiger partial charge in [-0.3, -0.25) is 19.1 Å². The van der Waals surface area contributed by atoms with E-state index in [0.717, 1.165) is 0 Å². The summed E-state index contributed by atoms with van der Waals surface area (Å²) in [5.41, 5.74) is 0.375. The van der Waals surface area contributed by atoms with E-state index in [0.29, 0.717) is 16.5 Å². The number of esters is 1. The van der Waals surface area contributed by atoms with Crippen LogP contribution >= 0.6 is 11.6 Å². The van der Waals surface area contributed by atoms with Crippen molar-refractivity contribution in [1.82, 2.24) is 9.55 Å². The zero-order chi connectivity index (χ0) is 19.8. The first kappa shape index (κ1) is 20.3. The van der Waals surface area contributed by atoms with E-state index in [4.69, 9.17) is 4.74 Å². The minimum absolute atomic E-state index is 0.108. The van der Waals surface area contributed by atoms with Crippen molar-refractivity contribution in [2.24, 2.45) is 0 Å². The maximum Gasteiger partial charge on any atom is 0.343 e. The third-order valence-corrected chi connectivity index (χ3v) is 3.79. The number of alkyl halides is 1. The highest BCUT2D eigenvalue weighted by atomic mass is 35.5. The fourth-order valence-electron chi connectivity index (χ4n) is 2.60. The Morgan fingerprint density at radius 1 is 1.15 bits per heavy atom. The number of aromatic nitrogens is 2. The molecule has 0 saturated carbocycles. The molecule has 0 aliphatic carbocycles. The first-order chi connectivity index (χ1) is 13.1. The molecule has 1 aromatic carbocycles. The van der Waals surface area contributed by atoms with E-state index in [-0.39, 0.29) is 24.5 Å². The maximum absolute atomic E-state index is 12.8. The summed E-state index contributed by atoms with van der Waals surface area (Å²) in [6.45, 7) is 1.65. The standard InChI is InChI=1S/C19H16N2O4.CH3Cl/c1-2-25-19(24)15-10-14-11-20-9-8-16(14)21(18(15)23)12-17(22)13-6-4-3-5-7-13;1-2/h3-11H,2,12H2,1H3;1H3. The van der Waals surface area contributed by atoms with Crippen LogP contribution < -0.4 is 5.56 Å².